The van der Waals surface area contributed by atoms with Crippen molar-refractivity contribution in [1.82, 2.24) is 9.80 Å². The summed E-state index contributed by atoms with van der Waals surface area (Å²) in [6.07, 6.45) is 1.38. The van der Waals surface area contributed by atoms with Gasteiger partial charge in [0.1, 0.15) is 0 Å². The quantitative estimate of drug-likeness (QED) is 0.885. The van der Waals surface area contributed by atoms with Crippen molar-refractivity contribution in [2.45, 2.75) is 12.8 Å². The lowest BCUT2D eigenvalue weighted by molar-refractivity contribution is -0.148. The molecule has 2 saturated heterocycles. The summed E-state index contributed by atoms with van der Waals surface area (Å²) in [6, 6.07) is 1.84. The van der Waals surface area contributed by atoms with E-state index in [4.69, 9.17) is 10.5 Å². The Bertz CT molecular complexity index is 547. The summed E-state index contributed by atoms with van der Waals surface area (Å²) in [7, 11) is 0. The Morgan fingerprint density at radius 2 is 1.83 bits per heavy atom. The molecule has 0 saturated carbocycles. The van der Waals surface area contributed by atoms with Crippen molar-refractivity contribution in [2.24, 2.45) is 11.1 Å². The molecule has 3 heterocycles. The van der Waals surface area contributed by atoms with E-state index in [-0.39, 0.29) is 11.8 Å². The number of ether oxygens (including phenoxy) is 1. The molecule has 23 heavy (non-hydrogen) atoms. The molecule has 0 aromatic carbocycles. The minimum Gasteiger partial charge on any atom is -0.381 e. The van der Waals surface area contributed by atoms with Crippen LogP contribution in [0.1, 0.15) is 23.2 Å². The lowest BCUT2D eigenvalue weighted by atomic mass is 9.78. The Kier molecular flexibility index (Phi) is 4.99. The van der Waals surface area contributed by atoms with E-state index in [1.54, 1.807) is 0 Å². The second-order valence-corrected chi connectivity index (χ2v) is 6.97. The minimum atomic E-state index is -0.474. The summed E-state index contributed by atoms with van der Waals surface area (Å²) in [5.41, 5.74) is 6.18. The van der Waals surface area contributed by atoms with Gasteiger partial charge in [0, 0.05) is 51.3 Å². The van der Waals surface area contributed by atoms with E-state index in [2.05, 4.69) is 0 Å². The predicted octanol–water partition coefficient (Wildman–Crippen LogP) is 0.788. The number of thiophene rings is 1. The maximum absolute atomic E-state index is 12.9. The number of carbonyl (C=O) groups excluding carboxylic acids is 2. The minimum absolute atomic E-state index is 0.0537. The average molecular weight is 337 g/mol. The molecule has 1 aromatic heterocycles. The third kappa shape index (κ3) is 3.27. The first kappa shape index (κ1) is 16.4. The van der Waals surface area contributed by atoms with Gasteiger partial charge in [-0.2, -0.15) is 11.3 Å². The van der Waals surface area contributed by atoms with E-state index in [9.17, 15) is 9.59 Å². The molecule has 0 aliphatic carbocycles. The van der Waals surface area contributed by atoms with Gasteiger partial charge in [0.05, 0.1) is 11.0 Å². The molecule has 2 amide bonds. The van der Waals surface area contributed by atoms with Crippen LogP contribution in [0.25, 0.3) is 0 Å². The summed E-state index contributed by atoms with van der Waals surface area (Å²) in [6.45, 7) is 3.88. The van der Waals surface area contributed by atoms with Crippen LogP contribution in [0, 0.1) is 5.41 Å². The van der Waals surface area contributed by atoms with Crippen LogP contribution >= 0.6 is 11.3 Å². The van der Waals surface area contributed by atoms with Crippen molar-refractivity contribution in [3.8, 4) is 0 Å². The van der Waals surface area contributed by atoms with Gasteiger partial charge < -0.3 is 20.3 Å². The van der Waals surface area contributed by atoms with Crippen LogP contribution in [-0.2, 0) is 9.53 Å². The molecule has 6 nitrogen and oxygen atoms in total. The van der Waals surface area contributed by atoms with E-state index in [0.717, 1.165) is 5.56 Å². The fourth-order valence-electron chi connectivity index (χ4n) is 3.28. The van der Waals surface area contributed by atoms with Crippen molar-refractivity contribution in [1.29, 1.82) is 0 Å². The lowest BCUT2D eigenvalue weighted by Gasteiger charge is -2.42. The summed E-state index contributed by atoms with van der Waals surface area (Å²) >= 11 is 1.52. The van der Waals surface area contributed by atoms with E-state index in [1.807, 2.05) is 26.6 Å². The Morgan fingerprint density at radius 1 is 1.17 bits per heavy atom. The molecule has 0 bridgehead atoms. The molecule has 126 valence electrons. The molecule has 1 aromatic rings. The third-order valence-corrected chi connectivity index (χ3v) is 5.60. The standard InChI is InChI=1S/C16H23N3O3S/c17-12-16(2-8-22-9-3-16)15(21)19-6-4-18(5-7-19)14(20)13-1-10-23-11-13/h1,10-11H,2-9,12,17H2. The number of amides is 2. The lowest BCUT2D eigenvalue weighted by Crippen LogP contribution is -2.57. The first-order valence-corrected chi connectivity index (χ1v) is 8.99. The summed E-state index contributed by atoms with van der Waals surface area (Å²) in [5, 5.41) is 3.77. The Labute approximate surface area is 140 Å². The van der Waals surface area contributed by atoms with E-state index in [1.165, 1.54) is 11.3 Å². The predicted molar refractivity (Wildman–Crippen MR) is 88.3 cm³/mol. The van der Waals surface area contributed by atoms with Gasteiger partial charge in [-0.25, -0.2) is 0 Å². The molecule has 2 fully saturated rings. The molecule has 0 unspecified atom stereocenters. The van der Waals surface area contributed by atoms with Gasteiger partial charge in [-0.15, -0.1) is 0 Å². The molecule has 0 radical (unpaired) electrons. The molecule has 2 aliphatic heterocycles. The summed E-state index contributed by atoms with van der Waals surface area (Å²) in [5.74, 6) is 0.184. The highest BCUT2D eigenvalue weighted by atomic mass is 32.1. The molecule has 2 aliphatic rings. The molecule has 7 heteroatoms. The van der Waals surface area contributed by atoms with Crippen LogP contribution in [0.4, 0.5) is 0 Å². The van der Waals surface area contributed by atoms with Crippen molar-refractivity contribution in [3.05, 3.63) is 22.4 Å². The zero-order valence-electron chi connectivity index (χ0n) is 13.2. The van der Waals surface area contributed by atoms with Crippen LogP contribution < -0.4 is 5.73 Å². The maximum atomic E-state index is 12.9. The number of carbonyl (C=O) groups is 2. The largest absolute Gasteiger partial charge is 0.381 e. The Balaban J connectivity index is 1.60. The van der Waals surface area contributed by atoms with Gasteiger partial charge in [-0.05, 0) is 24.3 Å². The van der Waals surface area contributed by atoms with E-state index >= 15 is 0 Å². The third-order valence-electron chi connectivity index (χ3n) is 4.92. The van der Waals surface area contributed by atoms with Crippen molar-refractivity contribution in [3.63, 3.8) is 0 Å². The van der Waals surface area contributed by atoms with Crippen molar-refractivity contribution >= 4 is 23.2 Å². The van der Waals surface area contributed by atoms with Crippen molar-refractivity contribution in [2.75, 3.05) is 45.9 Å². The first-order chi connectivity index (χ1) is 11.2. The molecular weight excluding hydrogens is 314 g/mol. The molecule has 0 spiro atoms. The SMILES string of the molecule is NCC1(C(=O)N2CCN(C(=O)c3ccsc3)CC2)CCOCC1. The number of hydrogen-bond acceptors (Lipinski definition) is 5. The topological polar surface area (TPSA) is 75.9 Å². The van der Waals surface area contributed by atoms with E-state index in [0.29, 0.717) is 58.8 Å². The fraction of sp³-hybridized carbons (Fsp3) is 0.625. The highest BCUT2D eigenvalue weighted by molar-refractivity contribution is 7.08. The maximum Gasteiger partial charge on any atom is 0.254 e. The molecule has 3 rings (SSSR count). The van der Waals surface area contributed by atoms with Gasteiger partial charge in [-0.3, -0.25) is 9.59 Å². The van der Waals surface area contributed by atoms with Gasteiger partial charge >= 0.3 is 0 Å². The van der Waals surface area contributed by atoms with Crippen molar-refractivity contribution < 1.29 is 14.3 Å². The smallest absolute Gasteiger partial charge is 0.254 e. The summed E-state index contributed by atoms with van der Waals surface area (Å²) in [4.78, 5) is 28.9. The highest BCUT2D eigenvalue weighted by Gasteiger charge is 2.42. The summed E-state index contributed by atoms with van der Waals surface area (Å²) < 4.78 is 5.38. The number of piperazine rings is 1. The van der Waals surface area contributed by atoms with Gasteiger partial charge in [0.25, 0.3) is 5.91 Å². The molecular formula is C16H23N3O3S. The monoisotopic (exact) mass is 337 g/mol. The number of hydrogen-bond donors (Lipinski definition) is 1. The Morgan fingerprint density at radius 3 is 2.39 bits per heavy atom. The van der Waals surface area contributed by atoms with Gasteiger partial charge in [0.15, 0.2) is 0 Å². The van der Waals surface area contributed by atoms with Crippen LogP contribution in [0.5, 0.6) is 0 Å². The Hall–Kier alpha value is -1.44. The normalized spacial score (nSPS) is 21.3. The number of rotatable bonds is 3. The first-order valence-electron chi connectivity index (χ1n) is 8.05. The fourth-order valence-corrected chi connectivity index (χ4v) is 3.91. The second-order valence-electron chi connectivity index (χ2n) is 6.19. The zero-order chi connectivity index (χ0) is 16.3. The molecule has 2 N–H and O–H groups in total. The van der Waals surface area contributed by atoms with Gasteiger partial charge in [-0.1, -0.05) is 0 Å². The number of nitrogens with zero attached hydrogens (tertiary/aromatic N) is 2. The van der Waals surface area contributed by atoms with E-state index < -0.39 is 5.41 Å². The van der Waals surface area contributed by atoms with Crippen LogP contribution in [0.15, 0.2) is 16.8 Å². The van der Waals surface area contributed by atoms with Crippen LogP contribution in [0.2, 0.25) is 0 Å². The second kappa shape index (κ2) is 6.98. The number of nitrogens with two attached hydrogens (primary N) is 1. The zero-order valence-corrected chi connectivity index (χ0v) is 14.0. The van der Waals surface area contributed by atoms with Crippen LogP contribution in [0.3, 0.4) is 0 Å². The van der Waals surface area contributed by atoms with Crippen LogP contribution in [-0.4, -0.2) is 67.6 Å². The highest BCUT2D eigenvalue weighted by Crippen LogP contribution is 2.32. The average Bonchev–Trinajstić information content (AvgIpc) is 3.16. The molecule has 0 atom stereocenters. The van der Waals surface area contributed by atoms with Gasteiger partial charge in [0.2, 0.25) is 5.91 Å².